The van der Waals surface area contributed by atoms with Crippen molar-refractivity contribution in [2.24, 2.45) is 5.92 Å². The molecule has 0 N–H and O–H groups in total. The normalized spacial score (nSPS) is 16.8. The summed E-state index contributed by atoms with van der Waals surface area (Å²) < 4.78 is 5.49. The van der Waals surface area contributed by atoms with Crippen molar-refractivity contribution in [1.29, 1.82) is 5.26 Å². The summed E-state index contributed by atoms with van der Waals surface area (Å²) in [7, 11) is 3.96. The van der Waals surface area contributed by atoms with E-state index in [1.807, 2.05) is 56.8 Å². The van der Waals surface area contributed by atoms with E-state index in [-0.39, 0.29) is 17.9 Å². The summed E-state index contributed by atoms with van der Waals surface area (Å²) in [6.45, 7) is 8.39. The van der Waals surface area contributed by atoms with Crippen molar-refractivity contribution in [2.75, 3.05) is 40.3 Å². The number of hydrogen-bond donors (Lipinski definition) is 0. The minimum absolute atomic E-state index is 0.0643. The molecular weight excluding hydrogens is 380 g/mol. The number of nitrogens with zero attached hydrogens (tertiary/aromatic N) is 4. The Balaban J connectivity index is 2.09. The summed E-state index contributed by atoms with van der Waals surface area (Å²) in [4.78, 5) is 31.4. The van der Waals surface area contributed by atoms with Crippen molar-refractivity contribution < 1.29 is 14.3 Å². The van der Waals surface area contributed by atoms with Gasteiger partial charge in [-0.2, -0.15) is 5.26 Å². The Morgan fingerprint density at radius 2 is 1.87 bits per heavy atom. The lowest BCUT2D eigenvalue weighted by Crippen LogP contribution is -2.48. The van der Waals surface area contributed by atoms with Gasteiger partial charge in [-0.05, 0) is 65.4 Å². The van der Waals surface area contributed by atoms with Gasteiger partial charge in [0, 0.05) is 32.7 Å². The zero-order valence-corrected chi connectivity index (χ0v) is 18.9. The molecule has 1 heterocycles. The number of rotatable bonds is 6. The van der Waals surface area contributed by atoms with Crippen LogP contribution in [0.4, 0.5) is 4.79 Å². The fraction of sp³-hybridized carbons (Fsp3) is 0.609. The van der Waals surface area contributed by atoms with E-state index in [0.717, 1.165) is 24.9 Å². The Hall–Kier alpha value is -2.59. The Kier molecular flexibility index (Phi) is 8.24. The Bertz CT molecular complexity index is 762. The maximum atomic E-state index is 13.4. The van der Waals surface area contributed by atoms with Crippen LogP contribution in [0, 0.1) is 17.2 Å². The van der Waals surface area contributed by atoms with Gasteiger partial charge in [-0.15, -0.1) is 0 Å². The van der Waals surface area contributed by atoms with Gasteiger partial charge < -0.3 is 19.4 Å². The number of likely N-dealkylation sites (tertiary alicyclic amines) is 1. The predicted octanol–water partition coefficient (Wildman–Crippen LogP) is 3.10. The molecule has 7 nitrogen and oxygen atoms in total. The highest BCUT2D eigenvalue weighted by atomic mass is 16.6. The van der Waals surface area contributed by atoms with Crippen LogP contribution in [0.5, 0.6) is 0 Å². The molecule has 0 bridgehead atoms. The van der Waals surface area contributed by atoms with Crippen molar-refractivity contribution in [3.05, 3.63) is 35.4 Å². The molecule has 1 aromatic carbocycles. The van der Waals surface area contributed by atoms with E-state index in [2.05, 4.69) is 6.07 Å². The second kappa shape index (κ2) is 10.4. The second-order valence-corrected chi connectivity index (χ2v) is 9.14. The van der Waals surface area contributed by atoms with Crippen LogP contribution in [-0.4, -0.2) is 72.6 Å². The Morgan fingerprint density at radius 3 is 2.43 bits per heavy atom. The molecule has 0 aromatic heterocycles. The summed E-state index contributed by atoms with van der Waals surface area (Å²) >= 11 is 0. The van der Waals surface area contributed by atoms with Crippen LogP contribution in [0.2, 0.25) is 0 Å². The van der Waals surface area contributed by atoms with Gasteiger partial charge in [-0.1, -0.05) is 12.1 Å². The molecule has 1 fully saturated rings. The standard InChI is InChI=1S/C23H34N4O3/c1-23(2,3)30-22(29)27-12-6-7-20(17-27)21(28)26(14-13-25(4)5)16-19-10-8-18(15-24)9-11-19/h8-11,20H,6-7,12-14,16-17H2,1-5H3. The van der Waals surface area contributed by atoms with Crippen molar-refractivity contribution >= 4 is 12.0 Å². The average molecular weight is 415 g/mol. The molecule has 7 heteroatoms. The van der Waals surface area contributed by atoms with Crippen LogP contribution >= 0.6 is 0 Å². The van der Waals surface area contributed by atoms with Gasteiger partial charge in [0.15, 0.2) is 0 Å². The third kappa shape index (κ3) is 7.34. The molecule has 0 aliphatic carbocycles. The monoisotopic (exact) mass is 414 g/mol. The van der Waals surface area contributed by atoms with Crippen LogP contribution in [0.1, 0.15) is 44.7 Å². The SMILES string of the molecule is CN(C)CCN(Cc1ccc(C#N)cc1)C(=O)C1CCCN(C(=O)OC(C)(C)C)C1. The minimum Gasteiger partial charge on any atom is -0.444 e. The highest BCUT2D eigenvalue weighted by molar-refractivity contribution is 5.80. The van der Waals surface area contributed by atoms with Gasteiger partial charge in [0.05, 0.1) is 17.6 Å². The minimum atomic E-state index is -0.554. The van der Waals surface area contributed by atoms with E-state index < -0.39 is 5.60 Å². The Morgan fingerprint density at radius 1 is 1.20 bits per heavy atom. The molecule has 164 valence electrons. The lowest BCUT2D eigenvalue weighted by Gasteiger charge is -2.36. The van der Waals surface area contributed by atoms with Crippen molar-refractivity contribution in [1.82, 2.24) is 14.7 Å². The molecule has 0 saturated carbocycles. The quantitative estimate of drug-likeness (QED) is 0.715. The largest absolute Gasteiger partial charge is 0.444 e. The number of carbonyl (C=O) groups excluding carboxylic acids is 2. The summed E-state index contributed by atoms with van der Waals surface area (Å²) in [5, 5.41) is 8.99. The highest BCUT2D eigenvalue weighted by Gasteiger charge is 2.33. The van der Waals surface area contributed by atoms with Crippen LogP contribution in [0.3, 0.4) is 0 Å². The first-order valence-electron chi connectivity index (χ1n) is 10.5. The van der Waals surface area contributed by atoms with Gasteiger partial charge in [-0.3, -0.25) is 4.79 Å². The Labute approximate surface area is 180 Å². The van der Waals surface area contributed by atoms with Crippen molar-refractivity contribution in [3.63, 3.8) is 0 Å². The number of hydrogen-bond acceptors (Lipinski definition) is 5. The van der Waals surface area contributed by atoms with E-state index in [4.69, 9.17) is 10.00 Å². The predicted molar refractivity (Wildman–Crippen MR) is 116 cm³/mol. The summed E-state index contributed by atoms with van der Waals surface area (Å²) in [6, 6.07) is 9.44. The van der Waals surface area contributed by atoms with Crippen molar-refractivity contribution in [3.8, 4) is 6.07 Å². The molecule has 2 amide bonds. The third-order valence-corrected chi connectivity index (χ3v) is 5.01. The molecule has 30 heavy (non-hydrogen) atoms. The number of likely N-dealkylation sites (N-methyl/N-ethyl adjacent to an activating group) is 1. The molecule has 1 aliphatic heterocycles. The average Bonchev–Trinajstić information content (AvgIpc) is 2.69. The molecule has 1 atom stereocenters. The number of ether oxygens (including phenoxy) is 1. The number of piperidine rings is 1. The van der Waals surface area contributed by atoms with E-state index in [9.17, 15) is 9.59 Å². The maximum absolute atomic E-state index is 13.4. The molecule has 0 radical (unpaired) electrons. The molecular formula is C23H34N4O3. The van der Waals surface area contributed by atoms with E-state index >= 15 is 0 Å². The first-order chi connectivity index (χ1) is 14.1. The van der Waals surface area contributed by atoms with Gasteiger partial charge in [-0.25, -0.2) is 4.79 Å². The molecule has 1 aliphatic rings. The van der Waals surface area contributed by atoms with Crippen LogP contribution in [0.15, 0.2) is 24.3 Å². The molecule has 1 unspecified atom stereocenters. The number of carbonyl (C=O) groups is 2. The lowest BCUT2D eigenvalue weighted by atomic mass is 9.96. The fourth-order valence-electron chi connectivity index (χ4n) is 3.42. The van der Waals surface area contributed by atoms with Gasteiger partial charge in [0.2, 0.25) is 5.91 Å². The van der Waals surface area contributed by atoms with Crippen LogP contribution < -0.4 is 0 Å². The zero-order valence-electron chi connectivity index (χ0n) is 18.9. The second-order valence-electron chi connectivity index (χ2n) is 9.14. The van der Waals surface area contributed by atoms with E-state index in [0.29, 0.717) is 31.7 Å². The number of benzene rings is 1. The van der Waals surface area contributed by atoms with Gasteiger partial charge in [0.25, 0.3) is 0 Å². The smallest absolute Gasteiger partial charge is 0.410 e. The first kappa shape index (κ1) is 23.7. The zero-order chi connectivity index (χ0) is 22.3. The summed E-state index contributed by atoms with van der Waals surface area (Å²) in [6.07, 6.45) is 1.20. The maximum Gasteiger partial charge on any atom is 0.410 e. The van der Waals surface area contributed by atoms with Crippen LogP contribution in [-0.2, 0) is 16.1 Å². The number of amides is 2. The summed E-state index contributed by atoms with van der Waals surface area (Å²) in [5.74, 6) is -0.165. The molecule has 1 aromatic rings. The number of nitriles is 1. The van der Waals surface area contributed by atoms with E-state index in [1.165, 1.54) is 0 Å². The van der Waals surface area contributed by atoms with Gasteiger partial charge >= 0.3 is 6.09 Å². The fourth-order valence-corrected chi connectivity index (χ4v) is 3.42. The van der Waals surface area contributed by atoms with E-state index in [1.54, 1.807) is 17.0 Å². The third-order valence-electron chi connectivity index (χ3n) is 5.01. The van der Waals surface area contributed by atoms with Crippen molar-refractivity contribution in [2.45, 2.75) is 45.8 Å². The molecule has 1 saturated heterocycles. The summed E-state index contributed by atoms with van der Waals surface area (Å²) in [5.41, 5.74) is 1.03. The highest BCUT2D eigenvalue weighted by Crippen LogP contribution is 2.22. The first-order valence-corrected chi connectivity index (χ1v) is 10.5. The van der Waals surface area contributed by atoms with Crippen LogP contribution in [0.25, 0.3) is 0 Å². The lowest BCUT2D eigenvalue weighted by molar-refractivity contribution is -0.138. The molecule has 2 rings (SSSR count). The molecule has 0 spiro atoms. The topological polar surface area (TPSA) is 76.9 Å². The van der Waals surface area contributed by atoms with Gasteiger partial charge in [0.1, 0.15) is 5.60 Å².